The molecule has 0 aliphatic carbocycles. The number of carbonyl (C=O) groups excluding carboxylic acids is 1. The molecule has 3 rings (SSSR count). The summed E-state index contributed by atoms with van der Waals surface area (Å²) in [6.45, 7) is 2.84. The van der Waals surface area contributed by atoms with E-state index in [9.17, 15) is 13.2 Å². The third-order valence-corrected chi connectivity index (χ3v) is 7.95. The summed E-state index contributed by atoms with van der Waals surface area (Å²) >= 11 is 1.88. The van der Waals surface area contributed by atoms with Gasteiger partial charge in [-0.15, -0.1) is 11.8 Å². The lowest BCUT2D eigenvalue weighted by Gasteiger charge is -2.23. The number of nitrogens with zero attached hydrogens (tertiary/aromatic N) is 2. The van der Waals surface area contributed by atoms with Gasteiger partial charge < -0.3 is 4.90 Å². The van der Waals surface area contributed by atoms with E-state index in [2.05, 4.69) is 19.1 Å². The van der Waals surface area contributed by atoms with Gasteiger partial charge in [0, 0.05) is 24.2 Å². The van der Waals surface area contributed by atoms with Crippen LogP contribution in [-0.4, -0.2) is 39.9 Å². The Labute approximate surface area is 190 Å². The molecule has 0 spiro atoms. The SMILES string of the molecule is CCCCCCCSc1ccc2c(c1)CCN2C(=O)c1ccccc1N(C)S(C)(=O)=O. The average molecular weight is 461 g/mol. The van der Waals surface area contributed by atoms with E-state index in [1.54, 1.807) is 29.2 Å². The summed E-state index contributed by atoms with van der Waals surface area (Å²) in [5, 5.41) is 0. The molecule has 1 aliphatic rings. The second-order valence-corrected chi connectivity index (χ2v) is 11.2. The smallest absolute Gasteiger partial charge is 0.260 e. The van der Waals surface area contributed by atoms with Crippen LogP contribution in [0.4, 0.5) is 11.4 Å². The van der Waals surface area contributed by atoms with Crippen LogP contribution in [-0.2, 0) is 16.4 Å². The summed E-state index contributed by atoms with van der Waals surface area (Å²) < 4.78 is 25.2. The van der Waals surface area contributed by atoms with E-state index in [1.165, 1.54) is 49.6 Å². The Morgan fingerprint density at radius 1 is 1.10 bits per heavy atom. The fourth-order valence-electron chi connectivity index (χ4n) is 3.83. The summed E-state index contributed by atoms with van der Waals surface area (Å²) in [5.74, 6) is 0.956. The highest BCUT2D eigenvalue weighted by atomic mass is 32.2. The molecule has 5 nitrogen and oxygen atoms in total. The Kier molecular flexibility index (Phi) is 8.06. The van der Waals surface area contributed by atoms with Crippen molar-refractivity contribution in [3.63, 3.8) is 0 Å². The van der Waals surface area contributed by atoms with Crippen LogP contribution in [0.2, 0.25) is 0 Å². The molecule has 0 aromatic heterocycles. The highest BCUT2D eigenvalue weighted by Gasteiger charge is 2.29. The summed E-state index contributed by atoms with van der Waals surface area (Å²) in [4.78, 5) is 16.4. The van der Waals surface area contributed by atoms with Crippen molar-refractivity contribution in [2.45, 2.75) is 50.3 Å². The fourth-order valence-corrected chi connectivity index (χ4v) is 5.32. The Morgan fingerprint density at radius 3 is 2.58 bits per heavy atom. The van der Waals surface area contributed by atoms with Crippen LogP contribution in [0.3, 0.4) is 0 Å². The molecule has 7 heteroatoms. The molecule has 0 fully saturated rings. The number of hydrogen-bond acceptors (Lipinski definition) is 4. The van der Waals surface area contributed by atoms with E-state index in [4.69, 9.17) is 0 Å². The minimum absolute atomic E-state index is 0.166. The van der Waals surface area contributed by atoms with Crippen LogP contribution in [0.15, 0.2) is 47.4 Å². The Hall–Kier alpha value is -1.99. The third-order valence-electron chi connectivity index (χ3n) is 5.68. The molecule has 0 radical (unpaired) electrons. The zero-order chi connectivity index (χ0) is 22.4. The third kappa shape index (κ3) is 5.83. The molecule has 1 heterocycles. The molecule has 2 aromatic rings. The monoisotopic (exact) mass is 460 g/mol. The number of anilines is 2. The molecule has 2 aromatic carbocycles. The number of thioether (sulfide) groups is 1. The molecule has 0 N–H and O–H groups in total. The first kappa shape index (κ1) is 23.7. The van der Waals surface area contributed by atoms with E-state index >= 15 is 0 Å². The van der Waals surface area contributed by atoms with Crippen LogP contribution >= 0.6 is 11.8 Å². The van der Waals surface area contributed by atoms with Crippen molar-refractivity contribution in [3.8, 4) is 0 Å². The van der Waals surface area contributed by atoms with Gasteiger partial charge in [-0.05, 0) is 54.5 Å². The zero-order valence-electron chi connectivity index (χ0n) is 18.6. The summed E-state index contributed by atoms with van der Waals surface area (Å²) in [7, 11) is -1.98. The Balaban J connectivity index is 1.72. The molecule has 0 unspecified atom stereocenters. The number of amides is 1. The van der Waals surface area contributed by atoms with Crippen molar-refractivity contribution in [2.75, 3.05) is 34.8 Å². The highest BCUT2D eigenvalue weighted by molar-refractivity contribution is 7.99. The number of sulfonamides is 1. The first-order chi connectivity index (χ1) is 14.8. The Morgan fingerprint density at radius 2 is 1.84 bits per heavy atom. The molecule has 0 saturated heterocycles. The van der Waals surface area contributed by atoms with Crippen molar-refractivity contribution in [1.82, 2.24) is 0 Å². The maximum absolute atomic E-state index is 13.3. The summed E-state index contributed by atoms with van der Waals surface area (Å²) in [6.07, 6.45) is 8.37. The number of hydrogen-bond donors (Lipinski definition) is 0. The largest absolute Gasteiger partial charge is 0.308 e. The lowest BCUT2D eigenvalue weighted by molar-refractivity contribution is 0.0990. The molecule has 1 aliphatic heterocycles. The molecule has 0 atom stereocenters. The first-order valence-electron chi connectivity index (χ1n) is 10.9. The topological polar surface area (TPSA) is 57.7 Å². The normalized spacial score (nSPS) is 13.3. The predicted molar refractivity (Wildman–Crippen MR) is 131 cm³/mol. The summed E-state index contributed by atoms with van der Waals surface area (Å²) in [5.41, 5.74) is 2.90. The second kappa shape index (κ2) is 10.6. The number of fused-ring (bicyclic) bond motifs is 1. The minimum Gasteiger partial charge on any atom is -0.308 e. The molecule has 1 amide bonds. The lowest BCUT2D eigenvalue weighted by Crippen LogP contribution is -2.32. The summed E-state index contributed by atoms with van der Waals surface area (Å²) in [6, 6.07) is 13.2. The number of para-hydroxylation sites is 1. The second-order valence-electron chi connectivity index (χ2n) is 8.01. The molecule has 0 bridgehead atoms. The van der Waals surface area contributed by atoms with Gasteiger partial charge in [0.1, 0.15) is 0 Å². The van der Waals surface area contributed by atoms with Gasteiger partial charge in [-0.2, -0.15) is 0 Å². The van der Waals surface area contributed by atoms with Crippen LogP contribution in [0.1, 0.15) is 54.9 Å². The molecule has 168 valence electrons. The van der Waals surface area contributed by atoms with E-state index in [-0.39, 0.29) is 5.91 Å². The van der Waals surface area contributed by atoms with Gasteiger partial charge in [0.2, 0.25) is 10.0 Å². The molecule has 31 heavy (non-hydrogen) atoms. The number of rotatable bonds is 10. The highest BCUT2D eigenvalue weighted by Crippen LogP contribution is 2.34. The van der Waals surface area contributed by atoms with Crippen molar-refractivity contribution in [3.05, 3.63) is 53.6 Å². The zero-order valence-corrected chi connectivity index (χ0v) is 20.3. The van der Waals surface area contributed by atoms with Gasteiger partial charge >= 0.3 is 0 Å². The van der Waals surface area contributed by atoms with Crippen molar-refractivity contribution in [1.29, 1.82) is 0 Å². The van der Waals surface area contributed by atoms with E-state index in [0.29, 0.717) is 17.8 Å². The quantitative estimate of drug-likeness (QED) is 0.354. The van der Waals surface area contributed by atoms with Crippen LogP contribution in [0, 0.1) is 0 Å². The van der Waals surface area contributed by atoms with Gasteiger partial charge in [-0.1, -0.05) is 44.7 Å². The van der Waals surface area contributed by atoms with E-state index in [1.807, 2.05) is 17.8 Å². The van der Waals surface area contributed by atoms with Gasteiger partial charge in [-0.3, -0.25) is 9.10 Å². The van der Waals surface area contributed by atoms with Gasteiger partial charge in [0.05, 0.1) is 17.5 Å². The maximum atomic E-state index is 13.3. The average Bonchev–Trinajstić information content (AvgIpc) is 3.17. The van der Waals surface area contributed by atoms with Gasteiger partial charge in [0.25, 0.3) is 5.91 Å². The van der Waals surface area contributed by atoms with Crippen LogP contribution in [0.5, 0.6) is 0 Å². The van der Waals surface area contributed by atoms with Crippen molar-refractivity contribution >= 4 is 39.1 Å². The Bertz CT molecular complexity index is 1020. The van der Waals surface area contributed by atoms with Crippen molar-refractivity contribution in [2.24, 2.45) is 0 Å². The number of carbonyl (C=O) groups is 1. The van der Waals surface area contributed by atoms with Gasteiger partial charge in [-0.25, -0.2) is 8.42 Å². The fraction of sp³-hybridized carbons (Fsp3) is 0.458. The van der Waals surface area contributed by atoms with E-state index < -0.39 is 10.0 Å². The maximum Gasteiger partial charge on any atom is 0.260 e. The van der Waals surface area contributed by atoms with Crippen LogP contribution in [0.25, 0.3) is 0 Å². The predicted octanol–water partition coefficient (Wildman–Crippen LogP) is 5.35. The minimum atomic E-state index is -3.46. The first-order valence-corrected chi connectivity index (χ1v) is 13.8. The molecule has 0 saturated carbocycles. The lowest BCUT2D eigenvalue weighted by atomic mass is 10.1. The van der Waals surface area contributed by atoms with E-state index in [0.717, 1.165) is 28.4 Å². The number of unbranched alkanes of at least 4 members (excludes halogenated alkanes) is 4. The van der Waals surface area contributed by atoms with Crippen LogP contribution < -0.4 is 9.21 Å². The molecular formula is C24H32N2O3S2. The van der Waals surface area contributed by atoms with Crippen molar-refractivity contribution < 1.29 is 13.2 Å². The van der Waals surface area contributed by atoms with Gasteiger partial charge in [0.15, 0.2) is 0 Å². The standard InChI is InChI=1S/C24H32N2O3S2/c1-4-5-6-7-10-17-30-20-13-14-22-19(18-20)15-16-26(22)24(27)21-11-8-9-12-23(21)25(2)31(3,28)29/h8-9,11-14,18H,4-7,10,15-17H2,1-3H3. The molecular weight excluding hydrogens is 428 g/mol. The number of benzene rings is 2.